The molecule has 1 aromatic heterocycles. The number of furan rings is 1. The van der Waals surface area contributed by atoms with Gasteiger partial charge in [0.25, 0.3) is 5.91 Å². The molecular weight excluding hydrogens is 390 g/mol. The first kappa shape index (κ1) is 21.1. The highest BCUT2D eigenvalue weighted by Crippen LogP contribution is 2.31. The van der Waals surface area contributed by atoms with Crippen LogP contribution >= 0.6 is 0 Å². The molecule has 0 aliphatic carbocycles. The molecule has 1 aromatic carbocycles. The number of amides is 3. The molecule has 2 N–H and O–H groups in total. The van der Waals surface area contributed by atoms with E-state index in [9.17, 15) is 14.4 Å². The molecule has 3 rings (SSSR count). The second-order valence-corrected chi connectivity index (χ2v) is 6.62. The minimum Gasteiger partial charge on any atom is -0.460 e. The zero-order valence-electron chi connectivity index (χ0n) is 16.9. The molecule has 9 heteroatoms. The highest BCUT2D eigenvalue weighted by molar-refractivity contribution is 6.02. The molecule has 0 saturated carbocycles. The van der Waals surface area contributed by atoms with E-state index in [1.807, 2.05) is 0 Å². The molecule has 0 spiro atoms. The summed E-state index contributed by atoms with van der Waals surface area (Å²) in [4.78, 5) is 38.5. The van der Waals surface area contributed by atoms with Gasteiger partial charge in [-0.05, 0) is 36.8 Å². The summed E-state index contributed by atoms with van der Waals surface area (Å²) in [6, 6.07) is 9.00. The lowest BCUT2D eigenvalue weighted by Gasteiger charge is -2.33. The number of carbonyl (C=O) groups is 3. The highest BCUT2D eigenvalue weighted by Gasteiger charge is 2.35. The van der Waals surface area contributed by atoms with Crippen LogP contribution in [0.3, 0.4) is 0 Å². The van der Waals surface area contributed by atoms with Gasteiger partial charge in [-0.2, -0.15) is 0 Å². The largest absolute Gasteiger partial charge is 0.460 e. The van der Waals surface area contributed by atoms with Gasteiger partial charge in [0.15, 0.2) is 5.76 Å². The Morgan fingerprint density at radius 3 is 2.57 bits per heavy atom. The monoisotopic (exact) mass is 413 g/mol. The molecule has 9 nitrogen and oxygen atoms in total. The average molecular weight is 413 g/mol. The van der Waals surface area contributed by atoms with Crippen LogP contribution in [-0.2, 0) is 14.3 Å². The molecule has 158 valence electrons. The predicted octanol–water partition coefficient (Wildman–Crippen LogP) is 2.69. The summed E-state index contributed by atoms with van der Waals surface area (Å²) >= 11 is 0. The molecule has 0 unspecified atom stereocenters. The zero-order valence-corrected chi connectivity index (χ0v) is 16.9. The normalized spacial score (nSPS) is 16.3. The average Bonchev–Trinajstić information content (AvgIpc) is 3.27. The van der Waals surface area contributed by atoms with Crippen LogP contribution < -0.4 is 10.6 Å². The molecule has 1 aliphatic rings. The lowest BCUT2D eigenvalue weighted by molar-refractivity contribution is -0.140. The van der Waals surface area contributed by atoms with Crippen molar-refractivity contribution in [3.8, 4) is 0 Å². The number of benzene rings is 1. The maximum absolute atomic E-state index is 12.7. The summed E-state index contributed by atoms with van der Waals surface area (Å²) in [6.45, 7) is 2.07. The number of rotatable bonds is 7. The predicted molar refractivity (Wildman–Crippen MR) is 108 cm³/mol. The molecule has 1 atom stereocenters. The molecule has 0 saturated heterocycles. The fraction of sp³-hybridized carbons (Fsp3) is 0.286. The van der Waals surface area contributed by atoms with Crippen molar-refractivity contribution in [1.82, 2.24) is 10.2 Å². The topological polar surface area (TPSA) is 110 Å². The van der Waals surface area contributed by atoms with Gasteiger partial charge in [-0.25, -0.2) is 9.59 Å². The third kappa shape index (κ3) is 4.52. The number of hydrogen-bond acceptors (Lipinski definition) is 6. The van der Waals surface area contributed by atoms with Gasteiger partial charge in [-0.15, -0.1) is 0 Å². The van der Waals surface area contributed by atoms with E-state index in [-0.39, 0.29) is 30.9 Å². The van der Waals surface area contributed by atoms with E-state index in [1.54, 1.807) is 50.4 Å². The molecule has 30 heavy (non-hydrogen) atoms. The van der Waals surface area contributed by atoms with Crippen LogP contribution in [0.15, 0.2) is 58.3 Å². The van der Waals surface area contributed by atoms with Crippen molar-refractivity contribution < 1.29 is 28.3 Å². The van der Waals surface area contributed by atoms with E-state index < -0.39 is 12.0 Å². The minimum absolute atomic E-state index is 0.105. The van der Waals surface area contributed by atoms with Crippen LogP contribution in [0.4, 0.5) is 10.5 Å². The van der Waals surface area contributed by atoms with E-state index in [1.165, 1.54) is 18.3 Å². The van der Waals surface area contributed by atoms with E-state index in [0.29, 0.717) is 22.5 Å². The molecule has 2 heterocycles. The number of anilines is 1. The Hall–Kier alpha value is -3.59. The molecular formula is C21H23N3O6. The van der Waals surface area contributed by atoms with Gasteiger partial charge in [0.2, 0.25) is 0 Å². The summed E-state index contributed by atoms with van der Waals surface area (Å²) < 4.78 is 15.3. The number of urea groups is 1. The SMILES string of the molecule is COCCOC(=O)C1=C(C)N(C)C(=O)N[C@@H]1c1ccc(NC(=O)c2ccco2)cc1. The molecule has 0 bridgehead atoms. The van der Waals surface area contributed by atoms with Crippen LogP contribution in [0.2, 0.25) is 0 Å². The van der Waals surface area contributed by atoms with Crippen LogP contribution in [-0.4, -0.2) is 50.2 Å². The number of allylic oxidation sites excluding steroid dienone is 1. The number of methoxy groups -OCH3 is 1. The van der Waals surface area contributed by atoms with Gasteiger partial charge in [-0.3, -0.25) is 4.79 Å². The molecule has 1 aliphatic heterocycles. The molecule has 3 amide bonds. The second-order valence-electron chi connectivity index (χ2n) is 6.62. The van der Waals surface area contributed by atoms with Crippen molar-refractivity contribution in [2.45, 2.75) is 13.0 Å². The summed E-state index contributed by atoms with van der Waals surface area (Å²) in [5, 5.41) is 5.53. The fourth-order valence-corrected chi connectivity index (χ4v) is 3.00. The van der Waals surface area contributed by atoms with Crippen LogP contribution in [0, 0.1) is 0 Å². The number of ether oxygens (including phenoxy) is 2. The molecule has 0 fully saturated rings. The van der Waals surface area contributed by atoms with Crippen molar-refractivity contribution in [2.24, 2.45) is 0 Å². The Labute approximate surface area is 173 Å². The fourth-order valence-electron chi connectivity index (χ4n) is 3.00. The molecule has 0 radical (unpaired) electrons. The minimum atomic E-state index is -0.682. The van der Waals surface area contributed by atoms with E-state index in [0.717, 1.165) is 0 Å². The first-order chi connectivity index (χ1) is 14.4. The molecule has 2 aromatic rings. The summed E-state index contributed by atoms with van der Waals surface area (Å²) in [5.74, 6) is -0.712. The Kier molecular flexibility index (Phi) is 6.53. The summed E-state index contributed by atoms with van der Waals surface area (Å²) in [5.41, 5.74) is 2.05. The number of hydrogen-bond donors (Lipinski definition) is 2. The number of nitrogens with one attached hydrogen (secondary N) is 2. The third-order valence-corrected chi connectivity index (χ3v) is 4.74. The summed E-state index contributed by atoms with van der Waals surface area (Å²) in [7, 11) is 3.10. The van der Waals surface area contributed by atoms with Gasteiger partial charge in [-0.1, -0.05) is 12.1 Å². The van der Waals surface area contributed by atoms with E-state index >= 15 is 0 Å². The maximum atomic E-state index is 12.7. The number of nitrogens with zero attached hydrogens (tertiary/aromatic N) is 1. The standard InChI is InChI=1S/C21H23N3O6/c1-13-17(20(26)30-12-11-28-3)18(23-21(27)24(13)2)14-6-8-15(9-7-14)22-19(25)16-5-4-10-29-16/h4-10,18H,11-12H2,1-3H3,(H,22,25)(H,23,27)/t18-/m1/s1. The Morgan fingerprint density at radius 1 is 1.20 bits per heavy atom. The van der Waals surface area contributed by atoms with Crippen molar-refractivity contribution in [3.05, 3.63) is 65.3 Å². The van der Waals surface area contributed by atoms with Crippen molar-refractivity contribution in [1.29, 1.82) is 0 Å². The Bertz CT molecular complexity index is 950. The van der Waals surface area contributed by atoms with Crippen molar-refractivity contribution in [2.75, 3.05) is 32.7 Å². The van der Waals surface area contributed by atoms with Crippen LogP contribution in [0.5, 0.6) is 0 Å². The first-order valence-corrected chi connectivity index (χ1v) is 9.28. The zero-order chi connectivity index (χ0) is 21.7. The van der Waals surface area contributed by atoms with E-state index in [2.05, 4.69) is 10.6 Å². The van der Waals surface area contributed by atoms with Gasteiger partial charge in [0.05, 0.1) is 24.5 Å². The van der Waals surface area contributed by atoms with E-state index in [4.69, 9.17) is 13.9 Å². The van der Waals surface area contributed by atoms with Crippen molar-refractivity contribution in [3.63, 3.8) is 0 Å². The van der Waals surface area contributed by atoms with Gasteiger partial charge in [0.1, 0.15) is 6.61 Å². The van der Waals surface area contributed by atoms with Crippen LogP contribution in [0.1, 0.15) is 29.1 Å². The van der Waals surface area contributed by atoms with Crippen LogP contribution in [0.25, 0.3) is 0 Å². The van der Waals surface area contributed by atoms with Gasteiger partial charge in [0, 0.05) is 25.5 Å². The quantitative estimate of drug-likeness (QED) is 0.533. The van der Waals surface area contributed by atoms with Gasteiger partial charge >= 0.3 is 12.0 Å². The maximum Gasteiger partial charge on any atom is 0.338 e. The number of esters is 1. The van der Waals surface area contributed by atoms with Gasteiger partial charge < -0.3 is 29.4 Å². The number of carbonyl (C=O) groups excluding carboxylic acids is 3. The van der Waals surface area contributed by atoms with Crippen molar-refractivity contribution >= 4 is 23.6 Å². The third-order valence-electron chi connectivity index (χ3n) is 4.74. The Balaban J connectivity index is 1.81. The second kappa shape index (κ2) is 9.27. The lowest BCUT2D eigenvalue weighted by Crippen LogP contribution is -2.46. The highest BCUT2D eigenvalue weighted by atomic mass is 16.6. The summed E-state index contributed by atoms with van der Waals surface area (Å²) in [6.07, 6.45) is 1.42. The Morgan fingerprint density at radius 2 is 1.93 bits per heavy atom. The smallest absolute Gasteiger partial charge is 0.338 e. The first-order valence-electron chi connectivity index (χ1n) is 9.28. The lowest BCUT2D eigenvalue weighted by atomic mass is 9.95.